The summed E-state index contributed by atoms with van der Waals surface area (Å²) in [4.78, 5) is 18.3. The van der Waals surface area contributed by atoms with E-state index in [0.29, 0.717) is 50.9 Å². The molecule has 8 heteroatoms. The predicted molar refractivity (Wildman–Crippen MR) is 153 cm³/mol. The third kappa shape index (κ3) is 4.87. The molecule has 39 heavy (non-hydrogen) atoms. The van der Waals surface area contributed by atoms with Crippen LogP contribution in [-0.4, -0.2) is 23.0 Å². The third-order valence-corrected chi connectivity index (χ3v) is 6.49. The summed E-state index contributed by atoms with van der Waals surface area (Å²) < 4.78 is 19.0. The van der Waals surface area contributed by atoms with Gasteiger partial charge in [-0.15, -0.1) is 0 Å². The van der Waals surface area contributed by atoms with Crippen molar-refractivity contribution in [3.63, 3.8) is 0 Å². The number of para-hydroxylation sites is 3. The van der Waals surface area contributed by atoms with Gasteiger partial charge in [0.05, 0.1) is 24.2 Å². The molecule has 0 bridgehead atoms. The lowest BCUT2D eigenvalue weighted by Crippen LogP contribution is -2.20. The molecular weight excluding hydrogens is 514 g/mol. The summed E-state index contributed by atoms with van der Waals surface area (Å²) >= 11 is 6.01. The SMILES string of the molecule is COc1cccc(C=Nn2c(-c3cc4ccccc4o3)nc3ccccc3c2=O)c1OCc1ccc(Cl)cc1. The number of fused-ring (bicyclic) bond motifs is 2. The summed E-state index contributed by atoms with van der Waals surface area (Å²) in [5.74, 6) is 1.75. The maximum absolute atomic E-state index is 13.6. The lowest BCUT2D eigenvalue weighted by Gasteiger charge is -2.13. The molecule has 0 spiro atoms. The number of hydrogen-bond donors (Lipinski definition) is 0. The van der Waals surface area contributed by atoms with Crippen LogP contribution in [0.25, 0.3) is 33.5 Å². The van der Waals surface area contributed by atoms with Crippen LogP contribution in [0, 0.1) is 0 Å². The first-order valence-electron chi connectivity index (χ1n) is 12.2. The second kappa shape index (κ2) is 10.5. The van der Waals surface area contributed by atoms with Crippen molar-refractivity contribution in [2.75, 3.05) is 7.11 Å². The van der Waals surface area contributed by atoms with Gasteiger partial charge in [-0.3, -0.25) is 4.79 Å². The fraction of sp³-hybridized carbons (Fsp3) is 0.0645. The zero-order chi connectivity index (χ0) is 26.8. The Morgan fingerprint density at radius 2 is 1.77 bits per heavy atom. The van der Waals surface area contributed by atoms with Gasteiger partial charge in [-0.25, -0.2) is 4.98 Å². The molecule has 2 aromatic heterocycles. The molecule has 0 N–H and O–H groups in total. The molecule has 0 saturated heterocycles. The molecule has 0 aliphatic heterocycles. The van der Waals surface area contributed by atoms with Crippen molar-refractivity contribution in [2.24, 2.45) is 5.10 Å². The van der Waals surface area contributed by atoms with E-state index >= 15 is 0 Å². The molecule has 0 aliphatic carbocycles. The average molecular weight is 536 g/mol. The van der Waals surface area contributed by atoms with Crippen molar-refractivity contribution in [2.45, 2.75) is 6.61 Å². The van der Waals surface area contributed by atoms with Gasteiger partial charge in [0.2, 0.25) is 5.82 Å². The minimum Gasteiger partial charge on any atom is -0.493 e. The molecule has 0 radical (unpaired) electrons. The maximum atomic E-state index is 13.6. The highest BCUT2D eigenvalue weighted by Gasteiger charge is 2.17. The van der Waals surface area contributed by atoms with E-state index in [-0.39, 0.29) is 11.4 Å². The molecule has 0 atom stereocenters. The zero-order valence-corrected chi connectivity index (χ0v) is 21.6. The first-order chi connectivity index (χ1) is 19.1. The van der Waals surface area contributed by atoms with Crippen LogP contribution >= 0.6 is 11.6 Å². The number of aromatic nitrogens is 2. The number of rotatable bonds is 7. The van der Waals surface area contributed by atoms with Crippen molar-refractivity contribution >= 4 is 39.7 Å². The van der Waals surface area contributed by atoms with Gasteiger partial charge in [0.1, 0.15) is 12.2 Å². The van der Waals surface area contributed by atoms with Crippen LogP contribution in [-0.2, 0) is 6.61 Å². The first-order valence-corrected chi connectivity index (χ1v) is 12.6. The lowest BCUT2D eigenvalue weighted by atomic mass is 10.2. The first kappa shape index (κ1) is 24.5. The van der Waals surface area contributed by atoms with Crippen molar-refractivity contribution in [1.29, 1.82) is 0 Å². The molecular formula is C31H22ClN3O4. The van der Waals surface area contributed by atoms with E-state index in [1.807, 2.05) is 72.8 Å². The lowest BCUT2D eigenvalue weighted by molar-refractivity contribution is 0.284. The normalized spacial score (nSPS) is 11.4. The van der Waals surface area contributed by atoms with E-state index in [9.17, 15) is 4.79 Å². The number of nitrogens with zero attached hydrogens (tertiary/aromatic N) is 3. The van der Waals surface area contributed by atoms with Crippen molar-refractivity contribution in [1.82, 2.24) is 9.66 Å². The van der Waals surface area contributed by atoms with E-state index in [0.717, 1.165) is 10.9 Å². The van der Waals surface area contributed by atoms with Crippen molar-refractivity contribution < 1.29 is 13.9 Å². The molecule has 6 rings (SSSR count). The number of furan rings is 1. The van der Waals surface area contributed by atoms with Gasteiger partial charge in [-0.1, -0.05) is 60.1 Å². The number of methoxy groups -OCH3 is 1. The Balaban J connectivity index is 1.45. The van der Waals surface area contributed by atoms with Crippen LogP contribution in [0.1, 0.15) is 11.1 Å². The Labute approximate surface area is 228 Å². The second-order valence-electron chi connectivity index (χ2n) is 8.76. The van der Waals surface area contributed by atoms with Gasteiger partial charge in [0.25, 0.3) is 5.56 Å². The van der Waals surface area contributed by atoms with Crippen LogP contribution in [0.3, 0.4) is 0 Å². The molecule has 0 fully saturated rings. The molecule has 0 aliphatic rings. The highest BCUT2D eigenvalue weighted by atomic mass is 35.5. The van der Waals surface area contributed by atoms with Crippen LogP contribution in [0.5, 0.6) is 11.5 Å². The van der Waals surface area contributed by atoms with Gasteiger partial charge < -0.3 is 13.9 Å². The smallest absolute Gasteiger partial charge is 0.282 e. The van der Waals surface area contributed by atoms with E-state index in [1.54, 1.807) is 37.6 Å². The standard InChI is InChI=1S/C31H22ClN3O4/c1-37-27-12-6-8-22(29(27)38-19-20-13-15-23(32)16-14-20)18-33-35-30(28-17-21-7-2-5-11-26(21)39-28)34-25-10-4-3-9-24(25)31(35)36/h2-18H,19H2,1H3. The van der Waals surface area contributed by atoms with Gasteiger partial charge in [-0.2, -0.15) is 9.78 Å². The fourth-order valence-corrected chi connectivity index (χ4v) is 4.41. The minimum atomic E-state index is -0.321. The van der Waals surface area contributed by atoms with Crippen LogP contribution in [0.2, 0.25) is 5.02 Å². The topological polar surface area (TPSA) is 78.9 Å². The Hall–Kier alpha value is -4.88. The number of benzene rings is 4. The van der Waals surface area contributed by atoms with Crippen LogP contribution < -0.4 is 15.0 Å². The zero-order valence-electron chi connectivity index (χ0n) is 20.9. The van der Waals surface area contributed by atoms with Crippen molar-refractivity contribution in [3.8, 4) is 23.1 Å². The van der Waals surface area contributed by atoms with Gasteiger partial charge >= 0.3 is 0 Å². The molecule has 0 amide bonds. The second-order valence-corrected chi connectivity index (χ2v) is 9.19. The van der Waals surface area contributed by atoms with E-state index in [1.165, 1.54) is 4.68 Å². The predicted octanol–water partition coefficient (Wildman–Crippen LogP) is 6.93. The number of halogens is 1. The molecule has 192 valence electrons. The van der Waals surface area contributed by atoms with E-state index in [2.05, 4.69) is 5.10 Å². The Kier molecular flexibility index (Phi) is 6.57. The molecule has 4 aromatic carbocycles. The van der Waals surface area contributed by atoms with Crippen LogP contribution in [0.15, 0.2) is 111 Å². The average Bonchev–Trinajstić information content (AvgIpc) is 3.41. The molecule has 2 heterocycles. The Morgan fingerprint density at radius 1 is 0.974 bits per heavy atom. The highest BCUT2D eigenvalue weighted by Crippen LogP contribution is 2.31. The summed E-state index contributed by atoms with van der Waals surface area (Å²) in [6.45, 7) is 0.292. The van der Waals surface area contributed by atoms with E-state index in [4.69, 9.17) is 30.5 Å². The molecule has 0 unspecified atom stereocenters. The van der Waals surface area contributed by atoms with Crippen molar-refractivity contribution in [3.05, 3.63) is 124 Å². The quantitative estimate of drug-likeness (QED) is 0.207. The summed E-state index contributed by atoms with van der Waals surface area (Å²) in [6.07, 6.45) is 1.56. The van der Waals surface area contributed by atoms with Gasteiger partial charge in [0.15, 0.2) is 17.3 Å². The summed E-state index contributed by atoms with van der Waals surface area (Å²) in [7, 11) is 1.57. The fourth-order valence-electron chi connectivity index (χ4n) is 4.29. The number of hydrogen-bond acceptors (Lipinski definition) is 6. The van der Waals surface area contributed by atoms with Gasteiger partial charge in [0, 0.05) is 16.0 Å². The Bertz CT molecular complexity index is 1860. The third-order valence-electron chi connectivity index (χ3n) is 6.24. The molecule has 0 saturated carbocycles. The largest absolute Gasteiger partial charge is 0.493 e. The van der Waals surface area contributed by atoms with Crippen LogP contribution in [0.4, 0.5) is 0 Å². The van der Waals surface area contributed by atoms with Gasteiger partial charge in [-0.05, 0) is 54.1 Å². The number of ether oxygens (including phenoxy) is 2. The molecule has 6 aromatic rings. The highest BCUT2D eigenvalue weighted by molar-refractivity contribution is 6.30. The minimum absolute atomic E-state index is 0.290. The summed E-state index contributed by atoms with van der Waals surface area (Å²) in [6, 6.07) is 29.5. The van der Waals surface area contributed by atoms with E-state index < -0.39 is 0 Å². The Morgan fingerprint density at radius 3 is 2.59 bits per heavy atom. The molecule has 7 nitrogen and oxygen atoms in total. The monoisotopic (exact) mass is 535 g/mol. The maximum Gasteiger partial charge on any atom is 0.282 e. The summed E-state index contributed by atoms with van der Waals surface area (Å²) in [5, 5.41) is 6.57. The summed E-state index contributed by atoms with van der Waals surface area (Å²) in [5.41, 5.74) is 2.49.